The largest absolute Gasteiger partial charge is 0.508 e. The number of aromatic hydroxyl groups is 1. The average Bonchev–Trinajstić information content (AvgIpc) is 3.00. The molecule has 104 valence electrons. The fourth-order valence-electron chi connectivity index (χ4n) is 2.04. The number of hydrogen-bond acceptors (Lipinski definition) is 2. The van der Waals surface area contributed by atoms with Gasteiger partial charge in [-0.3, -0.25) is 0 Å². The van der Waals surface area contributed by atoms with Crippen LogP contribution >= 0.6 is 15.9 Å². The van der Waals surface area contributed by atoms with Crippen LogP contribution in [0.25, 0.3) is 17.8 Å². The van der Waals surface area contributed by atoms with Crippen LogP contribution in [0.3, 0.4) is 0 Å². The number of hydrogen-bond donors (Lipinski definition) is 1. The molecule has 0 saturated heterocycles. The molecule has 3 rings (SSSR count). The molecule has 0 radical (unpaired) electrons. The Morgan fingerprint density at radius 3 is 2.48 bits per heavy atom. The molecule has 0 saturated carbocycles. The summed E-state index contributed by atoms with van der Waals surface area (Å²) in [6.45, 7) is 0. The van der Waals surface area contributed by atoms with Gasteiger partial charge in [-0.05, 0) is 35.4 Å². The molecule has 0 aliphatic heterocycles. The van der Waals surface area contributed by atoms with Gasteiger partial charge in [-0.1, -0.05) is 40.2 Å². The van der Waals surface area contributed by atoms with E-state index in [1.165, 1.54) is 0 Å². The van der Waals surface area contributed by atoms with Crippen molar-refractivity contribution in [3.05, 3.63) is 76.8 Å². The van der Waals surface area contributed by atoms with E-state index in [1.807, 2.05) is 53.2 Å². The molecule has 3 aromatic rings. The van der Waals surface area contributed by atoms with Gasteiger partial charge in [0.1, 0.15) is 5.75 Å². The van der Waals surface area contributed by atoms with E-state index in [0.717, 1.165) is 21.3 Å². The Morgan fingerprint density at radius 2 is 1.76 bits per heavy atom. The molecular formula is C17H13BrN2O. The van der Waals surface area contributed by atoms with Gasteiger partial charge in [-0.25, -0.2) is 4.98 Å². The van der Waals surface area contributed by atoms with E-state index in [9.17, 15) is 5.11 Å². The maximum Gasteiger partial charge on any atom is 0.118 e. The molecule has 0 amide bonds. The van der Waals surface area contributed by atoms with E-state index < -0.39 is 0 Å². The summed E-state index contributed by atoms with van der Waals surface area (Å²) >= 11 is 3.42. The molecule has 1 N–H and O–H groups in total. The van der Waals surface area contributed by atoms with Gasteiger partial charge in [-0.15, -0.1) is 0 Å². The van der Waals surface area contributed by atoms with Crippen LogP contribution in [-0.4, -0.2) is 14.7 Å². The van der Waals surface area contributed by atoms with Gasteiger partial charge in [0.05, 0.1) is 12.0 Å². The standard InChI is InChI=1S/C17H13BrN2O/c18-15-5-3-13(4-6-15)1-2-14-9-16(11-17(21)10-14)20-8-7-19-12-20/h1-12,21H. The minimum absolute atomic E-state index is 0.233. The number of benzene rings is 2. The second-order valence-electron chi connectivity index (χ2n) is 4.64. The van der Waals surface area contributed by atoms with Crippen LogP contribution < -0.4 is 0 Å². The first-order valence-corrected chi connectivity index (χ1v) is 7.26. The van der Waals surface area contributed by atoms with Crippen molar-refractivity contribution in [1.29, 1.82) is 0 Å². The van der Waals surface area contributed by atoms with Crippen molar-refractivity contribution in [2.75, 3.05) is 0 Å². The third kappa shape index (κ3) is 3.41. The molecule has 0 fully saturated rings. The van der Waals surface area contributed by atoms with Crippen molar-refractivity contribution >= 4 is 28.1 Å². The van der Waals surface area contributed by atoms with Crippen LogP contribution in [-0.2, 0) is 0 Å². The molecule has 2 aromatic carbocycles. The Kier molecular flexibility index (Phi) is 3.88. The molecule has 0 aliphatic rings. The molecule has 0 aliphatic carbocycles. The molecule has 4 heteroatoms. The Hall–Kier alpha value is -2.33. The summed E-state index contributed by atoms with van der Waals surface area (Å²) in [7, 11) is 0. The van der Waals surface area contributed by atoms with Gasteiger partial charge in [0.25, 0.3) is 0 Å². The summed E-state index contributed by atoms with van der Waals surface area (Å²) in [6.07, 6.45) is 9.25. The highest BCUT2D eigenvalue weighted by Crippen LogP contribution is 2.21. The fourth-order valence-corrected chi connectivity index (χ4v) is 2.31. The smallest absolute Gasteiger partial charge is 0.118 e. The first-order valence-electron chi connectivity index (χ1n) is 6.47. The molecule has 3 nitrogen and oxygen atoms in total. The molecule has 1 aromatic heterocycles. The summed E-state index contributed by atoms with van der Waals surface area (Å²) < 4.78 is 2.91. The third-order valence-corrected chi connectivity index (χ3v) is 3.59. The van der Waals surface area contributed by atoms with Crippen LogP contribution in [0, 0.1) is 0 Å². The summed E-state index contributed by atoms with van der Waals surface area (Å²) in [6, 6.07) is 13.5. The highest BCUT2D eigenvalue weighted by atomic mass is 79.9. The molecule has 0 bridgehead atoms. The van der Waals surface area contributed by atoms with Crippen molar-refractivity contribution in [1.82, 2.24) is 9.55 Å². The molecule has 0 spiro atoms. The second kappa shape index (κ2) is 5.97. The fraction of sp³-hybridized carbons (Fsp3) is 0. The Morgan fingerprint density at radius 1 is 1.00 bits per heavy atom. The zero-order chi connectivity index (χ0) is 14.7. The zero-order valence-corrected chi connectivity index (χ0v) is 12.7. The molecule has 1 heterocycles. The van der Waals surface area contributed by atoms with E-state index in [0.29, 0.717) is 0 Å². The molecule has 0 unspecified atom stereocenters. The maximum atomic E-state index is 9.85. The highest BCUT2D eigenvalue weighted by Gasteiger charge is 2.00. The lowest BCUT2D eigenvalue weighted by Gasteiger charge is -2.05. The van der Waals surface area contributed by atoms with Crippen molar-refractivity contribution in [3.63, 3.8) is 0 Å². The Labute approximate surface area is 131 Å². The number of nitrogens with zero attached hydrogens (tertiary/aromatic N) is 2. The first kappa shape index (κ1) is 13.6. The first-order chi connectivity index (χ1) is 10.2. The number of aromatic nitrogens is 2. The summed E-state index contributed by atoms with van der Waals surface area (Å²) in [4.78, 5) is 4.02. The van der Waals surface area contributed by atoms with E-state index in [-0.39, 0.29) is 5.75 Å². The lowest BCUT2D eigenvalue weighted by Crippen LogP contribution is -1.90. The van der Waals surface area contributed by atoms with Crippen LogP contribution in [0.5, 0.6) is 5.75 Å². The van der Waals surface area contributed by atoms with Crippen molar-refractivity contribution in [3.8, 4) is 11.4 Å². The van der Waals surface area contributed by atoms with E-state index in [4.69, 9.17) is 0 Å². The van der Waals surface area contributed by atoms with Gasteiger partial charge in [0, 0.05) is 22.9 Å². The third-order valence-electron chi connectivity index (χ3n) is 3.07. The minimum Gasteiger partial charge on any atom is -0.508 e. The van der Waals surface area contributed by atoms with Crippen LogP contribution in [0.4, 0.5) is 0 Å². The van der Waals surface area contributed by atoms with E-state index in [1.54, 1.807) is 24.7 Å². The Balaban J connectivity index is 1.90. The van der Waals surface area contributed by atoms with Gasteiger partial charge in [0.2, 0.25) is 0 Å². The van der Waals surface area contributed by atoms with Gasteiger partial charge in [-0.2, -0.15) is 0 Å². The van der Waals surface area contributed by atoms with Crippen LogP contribution in [0.1, 0.15) is 11.1 Å². The topological polar surface area (TPSA) is 38.0 Å². The average molecular weight is 341 g/mol. The number of rotatable bonds is 3. The SMILES string of the molecule is Oc1cc(C=Cc2ccc(Br)cc2)cc(-n2ccnc2)c1. The number of phenols is 1. The Bertz CT molecular complexity index is 762. The van der Waals surface area contributed by atoms with Crippen LogP contribution in [0.2, 0.25) is 0 Å². The van der Waals surface area contributed by atoms with E-state index in [2.05, 4.69) is 20.9 Å². The molecular weight excluding hydrogens is 328 g/mol. The monoisotopic (exact) mass is 340 g/mol. The lowest BCUT2D eigenvalue weighted by molar-refractivity contribution is 0.475. The van der Waals surface area contributed by atoms with Crippen LogP contribution in [0.15, 0.2) is 65.7 Å². The summed E-state index contributed by atoms with van der Waals surface area (Å²) in [5.41, 5.74) is 2.91. The predicted molar refractivity (Wildman–Crippen MR) is 88.3 cm³/mol. The highest BCUT2D eigenvalue weighted by molar-refractivity contribution is 9.10. The van der Waals surface area contributed by atoms with Gasteiger partial charge >= 0.3 is 0 Å². The lowest BCUT2D eigenvalue weighted by atomic mass is 10.1. The summed E-state index contributed by atoms with van der Waals surface area (Å²) in [5, 5.41) is 9.85. The number of phenolic OH excluding ortho intramolecular Hbond substituents is 1. The second-order valence-corrected chi connectivity index (χ2v) is 5.55. The van der Waals surface area contributed by atoms with Crippen molar-refractivity contribution in [2.24, 2.45) is 0 Å². The quantitative estimate of drug-likeness (QED) is 0.712. The zero-order valence-electron chi connectivity index (χ0n) is 11.1. The predicted octanol–water partition coefficient (Wildman–Crippen LogP) is 4.51. The van der Waals surface area contributed by atoms with Crippen molar-refractivity contribution in [2.45, 2.75) is 0 Å². The molecule has 0 atom stereocenters. The van der Waals surface area contributed by atoms with Gasteiger partial charge in [0.15, 0.2) is 0 Å². The normalized spacial score (nSPS) is 11.1. The maximum absolute atomic E-state index is 9.85. The summed E-state index contributed by atoms with van der Waals surface area (Å²) in [5.74, 6) is 0.233. The minimum atomic E-state index is 0.233. The molecule has 21 heavy (non-hydrogen) atoms. The number of halogens is 1. The number of imidazole rings is 1. The van der Waals surface area contributed by atoms with Gasteiger partial charge < -0.3 is 9.67 Å². The van der Waals surface area contributed by atoms with E-state index >= 15 is 0 Å². The van der Waals surface area contributed by atoms with Crippen molar-refractivity contribution < 1.29 is 5.11 Å².